The summed E-state index contributed by atoms with van der Waals surface area (Å²) in [6.45, 7) is 0.564. The summed E-state index contributed by atoms with van der Waals surface area (Å²) in [4.78, 5) is 17.0. The van der Waals surface area contributed by atoms with Crippen molar-refractivity contribution in [3.63, 3.8) is 0 Å². The maximum absolute atomic E-state index is 11.4. The number of benzene rings is 1. The Morgan fingerprint density at radius 2 is 2.14 bits per heavy atom. The summed E-state index contributed by atoms with van der Waals surface area (Å²) in [5, 5.41) is 13.7. The van der Waals surface area contributed by atoms with E-state index in [4.69, 9.17) is 0 Å². The number of thiazole rings is 1. The lowest BCUT2D eigenvalue weighted by Crippen LogP contribution is -2.37. The van der Waals surface area contributed by atoms with E-state index >= 15 is 0 Å². The monoisotopic (exact) mass is 316 g/mol. The SMILES string of the molecule is O=C(O)[C@@H](Cc1ccccc1)NCc1cnc(C2CCC2)s1. The Kier molecular flexibility index (Phi) is 4.85. The van der Waals surface area contributed by atoms with E-state index in [-0.39, 0.29) is 0 Å². The van der Waals surface area contributed by atoms with Gasteiger partial charge in [0.05, 0.1) is 5.01 Å². The third-order valence-electron chi connectivity index (χ3n) is 4.13. The Morgan fingerprint density at radius 3 is 2.77 bits per heavy atom. The van der Waals surface area contributed by atoms with Gasteiger partial charge in [-0.25, -0.2) is 4.98 Å². The zero-order chi connectivity index (χ0) is 15.4. The summed E-state index contributed by atoms with van der Waals surface area (Å²) in [6.07, 6.45) is 6.16. The Hall–Kier alpha value is -1.72. The molecule has 4 nitrogen and oxygen atoms in total. The first-order valence-corrected chi connectivity index (χ1v) is 8.49. The second kappa shape index (κ2) is 7.03. The summed E-state index contributed by atoms with van der Waals surface area (Å²) >= 11 is 1.71. The predicted octanol–water partition coefficient (Wildman–Crippen LogP) is 3.20. The van der Waals surface area contributed by atoms with Gasteiger partial charge >= 0.3 is 5.97 Å². The Morgan fingerprint density at radius 1 is 1.36 bits per heavy atom. The molecular weight excluding hydrogens is 296 g/mol. The standard InChI is InChI=1S/C17H20N2O2S/c20-17(21)15(9-12-5-2-1-3-6-12)18-10-14-11-19-16(22-14)13-7-4-8-13/h1-3,5-6,11,13,15,18H,4,7-10H2,(H,20,21)/t15-/m1/s1. The molecule has 2 aromatic rings. The quantitative estimate of drug-likeness (QED) is 0.823. The van der Waals surface area contributed by atoms with E-state index in [2.05, 4.69) is 10.3 Å². The minimum atomic E-state index is -0.812. The first kappa shape index (κ1) is 15.2. The van der Waals surface area contributed by atoms with E-state index in [9.17, 15) is 9.90 Å². The number of nitrogens with one attached hydrogen (secondary N) is 1. The molecule has 1 aliphatic rings. The van der Waals surface area contributed by atoms with Crippen LogP contribution in [0.15, 0.2) is 36.5 Å². The molecule has 1 aliphatic carbocycles. The molecule has 0 radical (unpaired) electrons. The van der Waals surface area contributed by atoms with Crippen molar-refractivity contribution in [1.29, 1.82) is 0 Å². The molecule has 0 aliphatic heterocycles. The van der Waals surface area contributed by atoms with Gasteiger partial charge in [0.15, 0.2) is 0 Å². The topological polar surface area (TPSA) is 62.2 Å². The van der Waals surface area contributed by atoms with Crippen LogP contribution in [0.4, 0.5) is 0 Å². The molecular formula is C17H20N2O2S. The second-order valence-corrected chi connectivity index (χ2v) is 6.90. The van der Waals surface area contributed by atoms with E-state index in [1.54, 1.807) is 11.3 Å². The van der Waals surface area contributed by atoms with Crippen molar-refractivity contribution >= 4 is 17.3 Å². The van der Waals surface area contributed by atoms with Gasteiger partial charge in [0.25, 0.3) is 0 Å². The van der Waals surface area contributed by atoms with Crippen molar-refractivity contribution in [2.45, 2.75) is 44.2 Å². The van der Waals surface area contributed by atoms with E-state index in [0.29, 0.717) is 18.9 Å². The summed E-state index contributed by atoms with van der Waals surface area (Å²) in [6, 6.07) is 9.14. The molecule has 1 aromatic heterocycles. The molecule has 1 saturated carbocycles. The zero-order valence-electron chi connectivity index (χ0n) is 12.4. The first-order chi connectivity index (χ1) is 10.7. The fourth-order valence-corrected chi connectivity index (χ4v) is 3.61. The van der Waals surface area contributed by atoms with Gasteiger partial charge in [-0.15, -0.1) is 11.3 Å². The number of rotatable bonds is 7. The van der Waals surface area contributed by atoms with Crippen LogP contribution in [-0.4, -0.2) is 22.1 Å². The number of hydrogen-bond donors (Lipinski definition) is 2. The van der Waals surface area contributed by atoms with Gasteiger partial charge in [-0.3, -0.25) is 10.1 Å². The van der Waals surface area contributed by atoms with Gasteiger partial charge in [-0.05, 0) is 24.8 Å². The number of carboxylic acids is 1. The lowest BCUT2D eigenvalue weighted by molar-refractivity contribution is -0.139. The molecule has 5 heteroatoms. The van der Waals surface area contributed by atoms with Gasteiger partial charge in [0, 0.05) is 23.5 Å². The van der Waals surface area contributed by atoms with Crippen LogP contribution in [0.1, 0.15) is 40.6 Å². The van der Waals surface area contributed by atoms with Crippen molar-refractivity contribution in [3.05, 3.63) is 52.0 Å². The third kappa shape index (κ3) is 3.72. The largest absolute Gasteiger partial charge is 0.480 e. The van der Waals surface area contributed by atoms with E-state index in [0.717, 1.165) is 10.4 Å². The molecule has 1 aromatic carbocycles. The maximum Gasteiger partial charge on any atom is 0.321 e. The molecule has 0 bridgehead atoms. The van der Waals surface area contributed by atoms with Crippen LogP contribution >= 0.6 is 11.3 Å². The highest BCUT2D eigenvalue weighted by molar-refractivity contribution is 7.11. The average molecular weight is 316 g/mol. The molecule has 1 fully saturated rings. The van der Waals surface area contributed by atoms with Gasteiger partial charge < -0.3 is 5.11 Å². The summed E-state index contributed by atoms with van der Waals surface area (Å²) in [7, 11) is 0. The van der Waals surface area contributed by atoms with Crippen molar-refractivity contribution < 1.29 is 9.90 Å². The van der Waals surface area contributed by atoms with Crippen LogP contribution in [-0.2, 0) is 17.8 Å². The van der Waals surface area contributed by atoms with Gasteiger partial charge in [0.2, 0.25) is 0 Å². The molecule has 0 unspecified atom stereocenters. The summed E-state index contributed by atoms with van der Waals surface area (Å²) < 4.78 is 0. The van der Waals surface area contributed by atoms with Gasteiger partial charge in [-0.2, -0.15) is 0 Å². The number of aliphatic carboxylic acids is 1. The fourth-order valence-electron chi connectivity index (χ4n) is 2.57. The highest BCUT2D eigenvalue weighted by Gasteiger charge is 2.23. The average Bonchev–Trinajstić information content (AvgIpc) is 2.90. The van der Waals surface area contributed by atoms with Gasteiger partial charge in [0.1, 0.15) is 6.04 Å². The Labute approximate surface area is 134 Å². The Bertz CT molecular complexity index is 623. The molecule has 0 saturated heterocycles. The second-order valence-electron chi connectivity index (χ2n) is 5.75. The molecule has 0 amide bonds. The first-order valence-electron chi connectivity index (χ1n) is 7.67. The van der Waals surface area contributed by atoms with Gasteiger partial charge in [-0.1, -0.05) is 36.8 Å². The number of hydrogen-bond acceptors (Lipinski definition) is 4. The van der Waals surface area contributed by atoms with Crippen LogP contribution in [0.3, 0.4) is 0 Å². The van der Waals surface area contributed by atoms with E-state index in [1.165, 1.54) is 24.3 Å². The fraction of sp³-hybridized carbons (Fsp3) is 0.412. The minimum absolute atomic E-state index is 0.491. The zero-order valence-corrected chi connectivity index (χ0v) is 13.2. The third-order valence-corrected chi connectivity index (χ3v) is 5.29. The number of nitrogens with zero attached hydrogens (tertiary/aromatic N) is 1. The van der Waals surface area contributed by atoms with Crippen molar-refractivity contribution in [3.8, 4) is 0 Å². The number of carboxylic acid groups (broad SMARTS) is 1. The molecule has 22 heavy (non-hydrogen) atoms. The van der Waals surface area contributed by atoms with Crippen LogP contribution in [0.5, 0.6) is 0 Å². The Balaban J connectivity index is 1.57. The molecule has 1 heterocycles. The van der Waals surface area contributed by atoms with Crippen molar-refractivity contribution in [1.82, 2.24) is 10.3 Å². The van der Waals surface area contributed by atoms with Crippen LogP contribution in [0.25, 0.3) is 0 Å². The molecule has 0 spiro atoms. The highest BCUT2D eigenvalue weighted by atomic mass is 32.1. The lowest BCUT2D eigenvalue weighted by atomic mass is 9.86. The van der Waals surface area contributed by atoms with Crippen LogP contribution < -0.4 is 5.32 Å². The molecule has 2 N–H and O–H groups in total. The minimum Gasteiger partial charge on any atom is -0.480 e. The van der Waals surface area contributed by atoms with Crippen molar-refractivity contribution in [2.75, 3.05) is 0 Å². The molecule has 1 atom stereocenters. The smallest absolute Gasteiger partial charge is 0.321 e. The predicted molar refractivity (Wildman–Crippen MR) is 87.1 cm³/mol. The van der Waals surface area contributed by atoms with Crippen LogP contribution in [0.2, 0.25) is 0 Å². The van der Waals surface area contributed by atoms with E-state index in [1.807, 2.05) is 36.5 Å². The number of carbonyl (C=O) groups is 1. The summed E-state index contributed by atoms with van der Waals surface area (Å²) in [5.41, 5.74) is 1.03. The lowest BCUT2D eigenvalue weighted by Gasteiger charge is -2.22. The van der Waals surface area contributed by atoms with E-state index < -0.39 is 12.0 Å². The molecule has 116 valence electrons. The maximum atomic E-state index is 11.4. The molecule has 3 rings (SSSR count). The normalized spacial score (nSPS) is 16.2. The number of aromatic nitrogens is 1. The van der Waals surface area contributed by atoms with Crippen LogP contribution in [0, 0.1) is 0 Å². The summed E-state index contributed by atoms with van der Waals surface area (Å²) in [5.74, 6) is -0.175. The highest BCUT2D eigenvalue weighted by Crippen LogP contribution is 2.38. The van der Waals surface area contributed by atoms with Crippen molar-refractivity contribution in [2.24, 2.45) is 0 Å².